The molecule has 0 fully saturated rings. The number of nitrogens with two attached hydrogens (primary N) is 2. The quantitative estimate of drug-likeness (QED) is 0.390. The van der Waals surface area contributed by atoms with E-state index >= 15 is 0 Å². The Kier molecular flexibility index (Phi) is 12.9. The maximum absolute atomic E-state index is 14.6. The Balaban J connectivity index is 0.000000491. The molecule has 3 aromatic rings. The molecule has 206 valence electrons. The first-order valence-corrected chi connectivity index (χ1v) is 13.5. The van der Waals surface area contributed by atoms with Crippen molar-refractivity contribution in [2.45, 2.75) is 32.1 Å². The van der Waals surface area contributed by atoms with Gasteiger partial charge < -0.3 is 31.1 Å². The van der Waals surface area contributed by atoms with Crippen LogP contribution < -0.4 is 26.3 Å². The van der Waals surface area contributed by atoms with Crippen LogP contribution >= 0.6 is 11.8 Å². The molecule has 0 saturated carbocycles. The smallest absolute Gasteiger partial charge is 0.215 e. The molecule has 1 aliphatic heterocycles. The first-order valence-electron chi connectivity index (χ1n) is 12.1. The highest BCUT2D eigenvalue weighted by molar-refractivity contribution is 7.97. The number of halogens is 2. The molecular formula is C27H35F2N5O3S. The van der Waals surface area contributed by atoms with Gasteiger partial charge in [0.1, 0.15) is 35.3 Å². The molecule has 1 aromatic carbocycles. The summed E-state index contributed by atoms with van der Waals surface area (Å²) in [5.41, 5.74) is 11.5. The molecule has 2 aromatic heterocycles. The van der Waals surface area contributed by atoms with E-state index in [4.69, 9.17) is 15.2 Å². The molecule has 0 amide bonds. The molecule has 0 aliphatic carbocycles. The maximum Gasteiger partial charge on any atom is 0.215 e. The molecule has 0 saturated heterocycles. The number of rotatable bonds is 4. The van der Waals surface area contributed by atoms with Crippen molar-refractivity contribution in [3.8, 4) is 22.8 Å². The highest BCUT2D eigenvalue weighted by atomic mass is 32.2. The molecule has 0 radical (unpaired) electrons. The first kappa shape index (κ1) is 30.9. The number of anilines is 2. The monoisotopic (exact) mass is 547 g/mol. The van der Waals surface area contributed by atoms with E-state index in [0.717, 1.165) is 23.8 Å². The Labute approximate surface area is 226 Å². The number of nitrogens with zero attached hydrogens (tertiary/aromatic N) is 2. The lowest BCUT2D eigenvalue weighted by atomic mass is 10.0. The maximum atomic E-state index is 14.6. The van der Waals surface area contributed by atoms with Gasteiger partial charge in [-0.05, 0) is 49.1 Å². The van der Waals surface area contributed by atoms with Gasteiger partial charge in [0.05, 0.1) is 25.5 Å². The number of hydrogen-bond donors (Lipinski definition) is 3. The van der Waals surface area contributed by atoms with Gasteiger partial charge in [0.15, 0.2) is 0 Å². The van der Waals surface area contributed by atoms with Gasteiger partial charge in [0.25, 0.3) is 0 Å². The fourth-order valence-electron chi connectivity index (χ4n) is 3.20. The lowest BCUT2D eigenvalue weighted by Gasteiger charge is -2.16. The molecule has 1 atom stereocenters. The van der Waals surface area contributed by atoms with Gasteiger partial charge >= 0.3 is 0 Å². The molecule has 11 heteroatoms. The number of aldehydes is 1. The van der Waals surface area contributed by atoms with Gasteiger partial charge in [-0.3, -0.25) is 0 Å². The van der Waals surface area contributed by atoms with Crippen molar-refractivity contribution in [3.05, 3.63) is 59.8 Å². The Morgan fingerprint density at radius 2 is 1.82 bits per heavy atom. The zero-order valence-corrected chi connectivity index (χ0v) is 22.9. The lowest BCUT2D eigenvalue weighted by Crippen LogP contribution is -2.27. The van der Waals surface area contributed by atoms with Crippen LogP contribution in [-0.4, -0.2) is 48.8 Å². The number of carbonyl (C=O) groups is 1. The molecule has 1 aliphatic rings. The average Bonchev–Trinajstić information content (AvgIpc) is 2.90. The van der Waals surface area contributed by atoms with Crippen molar-refractivity contribution in [1.82, 2.24) is 9.97 Å². The molecule has 5 N–H and O–H groups in total. The minimum Gasteiger partial charge on any atom is -0.493 e. The van der Waals surface area contributed by atoms with Crippen LogP contribution in [0.3, 0.4) is 0 Å². The highest BCUT2D eigenvalue weighted by Gasteiger charge is 2.15. The summed E-state index contributed by atoms with van der Waals surface area (Å²) in [6.07, 6.45) is 4.48. The fraction of sp³-hybridized carbons (Fsp3) is 0.370. The Morgan fingerprint density at radius 1 is 1.08 bits per heavy atom. The number of benzene rings is 1. The summed E-state index contributed by atoms with van der Waals surface area (Å²) < 4.78 is 39.8. The topological polar surface area (TPSA) is 125 Å². The minimum absolute atomic E-state index is 0.270. The van der Waals surface area contributed by atoms with Gasteiger partial charge in [0, 0.05) is 35.4 Å². The second kappa shape index (κ2) is 15.9. The molecule has 1 unspecified atom stereocenters. The van der Waals surface area contributed by atoms with E-state index < -0.39 is 11.6 Å². The van der Waals surface area contributed by atoms with Crippen LogP contribution in [0.2, 0.25) is 0 Å². The van der Waals surface area contributed by atoms with Crippen LogP contribution in [0.1, 0.15) is 25.8 Å². The third kappa shape index (κ3) is 9.23. The number of aromatic nitrogens is 2. The van der Waals surface area contributed by atoms with Gasteiger partial charge in [0.2, 0.25) is 5.88 Å². The predicted octanol–water partition coefficient (Wildman–Crippen LogP) is 4.93. The highest BCUT2D eigenvalue weighted by Crippen LogP contribution is 2.34. The first-order chi connectivity index (χ1) is 18.3. The van der Waals surface area contributed by atoms with Crippen LogP contribution in [0.25, 0.3) is 11.1 Å². The van der Waals surface area contributed by atoms with Gasteiger partial charge in [-0.1, -0.05) is 13.8 Å². The van der Waals surface area contributed by atoms with Crippen molar-refractivity contribution in [2.24, 2.45) is 17.4 Å². The third-order valence-corrected chi connectivity index (χ3v) is 5.86. The minimum atomic E-state index is -0.521. The Bertz CT molecular complexity index is 1180. The Hall–Kier alpha value is -3.28. The van der Waals surface area contributed by atoms with E-state index in [2.05, 4.69) is 21.0 Å². The number of ether oxygens (including phenoxy) is 2. The fourth-order valence-corrected chi connectivity index (χ4v) is 3.70. The van der Waals surface area contributed by atoms with E-state index in [1.807, 2.05) is 32.2 Å². The van der Waals surface area contributed by atoms with Crippen LogP contribution in [0.4, 0.5) is 20.4 Å². The molecule has 0 spiro atoms. The standard InChI is InChI=1S/C21H19F2N3O2S.C5H11NO.CH5N/c1-29-12-13-7-20-25-19-10-16(17(23)11-24-19)15-4-3-14(22)9-18(15)27-5-2-6-28-21(8-13)26-20;1-4(2)5(6)3-7;1-2/h3-4,7-11H,2,5-6,12H2,1H3,(H,24,25,26);3-5H,6H2,1-2H3;2H2,1H3. The molecule has 4 bridgehead atoms. The second-order valence-electron chi connectivity index (χ2n) is 8.45. The van der Waals surface area contributed by atoms with E-state index in [-0.39, 0.29) is 23.3 Å². The summed E-state index contributed by atoms with van der Waals surface area (Å²) in [4.78, 5) is 18.4. The lowest BCUT2D eigenvalue weighted by molar-refractivity contribution is -0.109. The van der Waals surface area contributed by atoms with E-state index in [0.29, 0.717) is 42.7 Å². The van der Waals surface area contributed by atoms with Crippen molar-refractivity contribution >= 4 is 29.7 Å². The number of thioether (sulfide) groups is 1. The molecule has 8 nitrogen and oxygen atoms in total. The largest absolute Gasteiger partial charge is 0.493 e. The molecular weight excluding hydrogens is 512 g/mol. The van der Waals surface area contributed by atoms with Gasteiger partial charge in [-0.15, -0.1) is 0 Å². The summed E-state index contributed by atoms with van der Waals surface area (Å²) in [5.74, 6) is 1.84. The van der Waals surface area contributed by atoms with Gasteiger partial charge in [-0.25, -0.2) is 13.8 Å². The number of fused-ring (bicyclic) bond motifs is 6. The second-order valence-corrected chi connectivity index (χ2v) is 9.32. The molecule has 3 heterocycles. The van der Waals surface area contributed by atoms with E-state index in [1.54, 1.807) is 17.8 Å². The number of pyridine rings is 2. The average molecular weight is 548 g/mol. The SMILES string of the molecule is CC(C)C(N)C=O.CN.CSCc1cc2nc(c1)OCCCOc1cc(F)ccc1-c1cc(ncc1F)N2. The zero-order chi connectivity index (χ0) is 28.1. The molecule has 38 heavy (non-hydrogen) atoms. The van der Waals surface area contributed by atoms with Crippen LogP contribution in [-0.2, 0) is 10.5 Å². The third-order valence-electron chi connectivity index (χ3n) is 5.24. The summed E-state index contributed by atoms with van der Waals surface area (Å²) in [5, 5.41) is 3.11. The van der Waals surface area contributed by atoms with Crippen LogP contribution in [0, 0.1) is 17.6 Å². The van der Waals surface area contributed by atoms with Crippen LogP contribution in [0.5, 0.6) is 11.6 Å². The van der Waals surface area contributed by atoms with E-state index in [9.17, 15) is 13.6 Å². The molecule has 4 rings (SSSR count). The summed E-state index contributed by atoms with van der Waals surface area (Å²) in [7, 11) is 1.50. The van der Waals surface area contributed by atoms with Crippen molar-refractivity contribution in [2.75, 3.05) is 31.8 Å². The van der Waals surface area contributed by atoms with Crippen molar-refractivity contribution in [1.29, 1.82) is 0 Å². The van der Waals surface area contributed by atoms with Crippen LogP contribution in [0.15, 0.2) is 42.6 Å². The van der Waals surface area contributed by atoms with Gasteiger partial charge in [-0.2, -0.15) is 16.7 Å². The van der Waals surface area contributed by atoms with E-state index in [1.165, 1.54) is 25.2 Å². The predicted molar refractivity (Wildman–Crippen MR) is 149 cm³/mol. The summed E-state index contributed by atoms with van der Waals surface area (Å²) >= 11 is 1.69. The van der Waals surface area contributed by atoms with Crippen molar-refractivity contribution < 1.29 is 23.0 Å². The number of carbonyl (C=O) groups excluding carboxylic acids is 1. The number of nitrogens with one attached hydrogen (secondary N) is 1. The normalized spacial score (nSPS) is 13.0. The summed E-state index contributed by atoms with van der Waals surface area (Å²) in [6, 6.07) is 9.12. The number of hydrogen-bond acceptors (Lipinski definition) is 9. The Morgan fingerprint density at radius 3 is 2.47 bits per heavy atom. The van der Waals surface area contributed by atoms with Crippen molar-refractivity contribution in [3.63, 3.8) is 0 Å². The zero-order valence-electron chi connectivity index (χ0n) is 22.0. The summed E-state index contributed by atoms with van der Waals surface area (Å²) in [6.45, 7) is 4.52.